The first-order valence-corrected chi connectivity index (χ1v) is 9.66. The minimum atomic E-state index is -0.495. The number of carbonyl (C=O) groups excluding carboxylic acids is 1. The van der Waals surface area contributed by atoms with Gasteiger partial charge in [0.1, 0.15) is 23.3 Å². The molecule has 2 unspecified atom stereocenters. The second-order valence-electron chi connectivity index (χ2n) is 8.20. The van der Waals surface area contributed by atoms with Gasteiger partial charge in [-0.2, -0.15) is 0 Å². The molecule has 1 saturated heterocycles. The topological polar surface area (TPSA) is 66.4 Å². The van der Waals surface area contributed by atoms with Crippen molar-refractivity contribution >= 4 is 36.0 Å². The average Bonchev–Trinajstić information content (AvgIpc) is 3.01. The van der Waals surface area contributed by atoms with Crippen molar-refractivity contribution in [1.82, 2.24) is 15.1 Å². The van der Waals surface area contributed by atoms with Crippen LogP contribution in [0.1, 0.15) is 27.7 Å². The van der Waals surface area contributed by atoms with E-state index in [1.165, 1.54) is 12.1 Å². The van der Waals surface area contributed by atoms with Crippen molar-refractivity contribution in [3.63, 3.8) is 0 Å². The Labute approximate surface area is 188 Å². The number of hydrogen-bond donors (Lipinski definition) is 1. The van der Waals surface area contributed by atoms with E-state index in [1.807, 2.05) is 27.7 Å². The van der Waals surface area contributed by atoms with Crippen LogP contribution < -0.4 is 10.1 Å². The summed E-state index contributed by atoms with van der Waals surface area (Å²) in [4.78, 5) is 20.8. The van der Waals surface area contributed by atoms with Crippen molar-refractivity contribution in [2.75, 3.05) is 32.7 Å². The highest BCUT2D eigenvalue weighted by Crippen LogP contribution is 2.19. The van der Waals surface area contributed by atoms with Crippen LogP contribution in [0.15, 0.2) is 29.3 Å². The standard InChI is InChI=1S/C20H29FN4O3.HI/c1-14(27-17-7-5-6-15(21)10-17)11-22-18-23-12-16-13-24(8-9-25(16)18)19(26)28-20(2,3)4;/h5-7,10,14,16H,8-9,11-13H2,1-4H3,(H,22,23);1H. The quantitative estimate of drug-likeness (QED) is 0.619. The lowest BCUT2D eigenvalue weighted by Gasteiger charge is -2.39. The first kappa shape index (κ1) is 23.5. The fourth-order valence-corrected chi connectivity index (χ4v) is 3.27. The summed E-state index contributed by atoms with van der Waals surface area (Å²) in [7, 11) is 0. The summed E-state index contributed by atoms with van der Waals surface area (Å²) in [6.07, 6.45) is -0.419. The van der Waals surface area contributed by atoms with E-state index in [-0.39, 0.29) is 48.0 Å². The van der Waals surface area contributed by atoms with Crippen LogP contribution in [0, 0.1) is 5.82 Å². The number of halogens is 2. The summed E-state index contributed by atoms with van der Waals surface area (Å²) >= 11 is 0. The fourth-order valence-electron chi connectivity index (χ4n) is 3.27. The predicted octanol–water partition coefficient (Wildman–Crippen LogP) is 3.09. The molecule has 2 atom stereocenters. The first-order valence-electron chi connectivity index (χ1n) is 9.66. The molecule has 7 nitrogen and oxygen atoms in total. The Morgan fingerprint density at radius 2 is 2.14 bits per heavy atom. The maximum Gasteiger partial charge on any atom is 0.410 e. The van der Waals surface area contributed by atoms with Crippen molar-refractivity contribution in [3.05, 3.63) is 30.1 Å². The van der Waals surface area contributed by atoms with Crippen LogP contribution >= 0.6 is 24.0 Å². The molecule has 29 heavy (non-hydrogen) atoms. The monoisotopic (exact) mass is 520 g/mol. The van der Waals surface area contributed by atoms with Crippen LogP contribution in [-0.2, 0) is 4.74 Å². The van der Waals surface area contributed by atoms with E-state index >= 15 is 0 Å². The Morgan fingerprint density at radius 3 is 2.83 bits per heavy atom. The molecule has 0 spiro atoms. The summed E-state index contributed by atoms with van der Waals surface area (Å²) in [5, 5.41) is 3.32. The lowest BCUT2D eigenvalue weighted by molar-refractivity contribution is 0.0137. The maximum absolute atomic E-state index is 13.3. The van der Waals surface area contributed by atoms with Gasteiger partial charge in [0.2, 0.25) is 0 Å². The fraction of sp³-hybridized carbons (Fsp3) is 0.600. The largest absolute Gasteiger partial charge is 0.489 e. The summed E-state index contributed by atoms with van der Waals surface area (Å²) in [6.45, 7) is 10.6. The normalized spacial score (nSPS) is 19.6. The number of nitrogens with one attached hydrogen (secondary N) is 1. The van der Waals surface area contributed by atoms with Crippen LogP contribution in [0.2, 0.25) is 0 Å². The van der Waals surface area contributed by atoms with Gasteiger partial charge in [-0.1, -0.05) is 6.07 Å². The molecule has 162 valence electrons. The van der Waals surface area contributed by atoms with Crippen molar-refractivity contribution in [1.29, 1.82) is 0 Å². The smallest absolute Gasteiger partial charge is 0.410 e. The molecule has 1 aromatic carbocycles. The first-order chi connectivity index (χ1) is 13.2. The second-order valence-corrected chi connectivity index (χ2v) is 8.20. The van der Waals surface area contributed by atoms with Gasteiger partial charge in [0.15, 0.2) is 5.96 Å². The molecule has 0 saturated carbocycles. The highest BCUT2D eigenvalue weighted by atomic mass is 127. The summed E-state index contributed by atoms with van der Waals surface area (Å²) in [5.74, 6) is 1.01. The van der Waals surface area contributed by atoms with Gasteiger partial charge in [0.05, 0.1) is 19.1 Å². The van der Waals surface area contributed by atoms with E-state index in [2.05, 4.69) is 15.2 Å². The highest BCUT2D eigenvalue weighted by molar-refractivity contribution is 14.0. The van der Waals surface area contributed by atoms with Gasteiger partial charge in [0.25, 0.3) is 0 Å². The molecule has 3 rings (SSSR count). The minimum Gasteiger partial charge on any atom is -0.489 e. The van der Waals surface area contributed by atoms with Crippen LogP contribution in [0.25, 0.3) is 0 Å². The number of hydrogen-bond acceptors (Lipinski definition) is 6. The number of nitrogens with zero attached hydrogens (tertiary/aromatic N) is 3. The zero-order chi connectivity index (χ0) is 20.3. The Kier molecular flexibility index (Phi) is 7.95. The Morgan fingerprint density at radius 1 is 1.38 bits per heavy atom. The SMILES string of the molecule is CC(CNC1=NCC2CN(C(=O)OC(C)(C)C)CCN12)Oc1cccc(F)c1.I. The number of rotatable bonds is 4. The lowest BCUT2D eigenvalue weighted by atomic mass is 10.2. The van der Waals surface area contributed by atoms with Gasteiger partial charge in [0, 0.05) is 25.7 Å². The Bertz CT molecular complexity index is 741. The third-order valence-corrected chi connectivity index (χ3v) is 4.54. The van der Waals surface area contributed by atoms with E-state index in [0.717, 1.165) is 5.96 Å². The molecule has 0 aliphatic carbocycles. The highest BCUT2D eigenvalue weighted by Gasteiger charge is 2.36. The third-order valence-electron chi connectivity index (χ3n) is 4.54. The van der Waals surface area contributed by atoms with Gasteiger partial charge in [-0.25, -0.2) is 9.18 Å². The number of guanidine groups is 1. The molecule has 0 radical (unpaired) electrons. The van der Waals surface area contributed by atoms with E-state index in [4.69, 9.17) is 9.47 Å². The van der Waals surface area contributed by atoms with Gasteiger partial charge in [-0.3, -0.25) is 4.99 Å². The van der Waals surface area contributed by atoms with E-state index in [0.29, 0.717) is 38.5 Å². The number of fused-ring (bicyclic) bond motifs is 1. The van der Waals surface area contributed by atoms with Crippen LogP contribution in [-0.4, -0.2) is 72.3 Å². The number of aliphatic imine (C=N–C) groups is 1. The molecular formula is C20H30FIN4O3. The minimum absolute atomic E-state index is 0. The number of benzene rings is 1. The molecule has 1 amide bonds. The molecule has 0 bridgehead atoms. The molecule has 1 fully saturated rings. The van der Waals surface area contributed by atoms with E-state index in [1.54, 1.807) is 17.0 Å². The van der Waals surface area contributed by atoms with Crippen molar-refractivity contribution in [2.45, 2.75) is 45.4 Å². The Balaban J connectivity index is 0.00000300. The predicted molar refractivity (Wildman–Crippen MR) is 121 cm³/mol. The van der Waals surface area contributed by atoms with Gasteiger partial charge in [-0.15, -0.1) is 24.0 Å². The van der Waals surface area contributed by atoms with Gasteiger partial charge >= 0.3 is 6.09 Å². The molecule has 1 aromatic rings. The van der Waals surface area contributed by atoms with Crippen LogP contribution in [0.4, 0.5) is 9.18 Å². The molecule has 2 aliphatic heterocycles. The molecular weight excluding hydrogens is 490 g/mol. The molecule has 9 heteroatoms. The summed E-state index contributed by atoms with van der Waals surface area (Å²) in [5.41, 5.74) is -0.495. The van der Waals surface area contributed by atoms with Crippen LogP contribution in [0.5, 0.6) is 5.75 Å². The zero-order valence-electron chi connectivity index (χ0n) is 17.4. The van der Waals surface area contributed by atoms with E-state index in [9.17, 15) is 9.18 Å². The third kappa shape index (κ3) is 6.61. The number of piperazine rings is 1. The molecule has 1 N–H and O–H groups in total. The molecule has 2 aliphatic rings. The lowest BCUT2D eigenvalue weighted by Crippen LogP contribution is -2.58. The Hall–Kier alpha value is -1.78. The maximum atomic E-state index is 13.3. The van der Waals surface area contributed by atoms with Gasteiger partial charge in [-0.05, 0) is 39.8 Å². The van der Waals surface area contributed by atoms with Crippen LogP contribution in [0.3, 0.4) is 0 Å². The average molecular weight is 520 g/mol. The van der Waals surface area contributed by atoms with Crippen molar-refractivity contribution < 1.29 is 18.7 Å². The van der Waals surface area contributed by atoms with Crippen molar-refractivity contribution in [2.24, 2.45) is 4.99 Å². The van der Waals surface area contributed by atoms with Crippen molar-refractivity contribution in [3.8, 4) is 5.75 Å². The summed E-state index contributed by atoms with van der Waals surface area (Å²) < 4.78 is 24.5. The van der Waals surface area contributed by atoms with Gasteiger partial charge < -0.3 is 24.6 Å². The number of carbonyl (C=O) groups is 1. The number of ether oxygens (including phenoxy) is 2. The number of amides is 1. The zero-order valence-corrected chi connectivity index (χ0v) is 19.7. The summed E-state index contributed by atoms with van der Waals surface area (Å²) in [6, 6.07) is 6.28. The second kappa shape index (κ2) is 9.82. The molecule has 2 heterocycles. The van der Waals surface area contributed by atoms with E-state index < -0.39 is 5.60 Å². The molecule has 0 aromatic heterocycles.